The summed E-state index contributed by atoms with van der Waals surface area (Å²) in [7, 11) is -3.52. The summed E-state index contributed by atoms with van der Waals surface area (Å²) in [6.45, 7) is 0.406. The van der Waals surface area contributed by atoms with Crippen molar-refractivity contribution in [1.29, 1.82) is 0 Å². The summed E-state index contributed by atoms with van der Waals surface area (Å²) in [5.41, 5.74) is 1.07. The average Bonchev–Trinajstić information content (AvgIpc) is 2.58. The minimum atomic E-state index is -3.52. The standard InChI is InChI=1S/C17H19BrN2O3S/c18-15-6-4-5-14(13-15)9-10-17(21)19-11-12-20-24(22,23)16-7-2-1-3-8-16/h1-8,13,20H,9-12H2,(H,19,21). The number of halogens is 1. The number of nitrogens with one attached hydrogen (secondary N) is 2. The molecule has 0 radical (unpaired) electrons. The lowest BCUT2D eigenvalue weighted by Gasteiger charge is -2.08. The molecule has 5 nitrogen and oxygen atoms in total. The Morgan fingerprint density at radius 1 is 1.00 bits per heavy atom. The number of hydrogen-bond donors (Lipinski definition) is 2. The van der Waals surface area contributed by atoms with Crippen molar-refractivity contribution in [3.05, 3.63) is 64.6 Å². The molecule has 0 aliphatic carbocycles. The maximum atomic E-state index is 12.0. The maximum absolute atomic E-state index is 12.0. The van der Waals surface area contributed by atoms with Crippen LogP contribution in [-0.4, -0.2) is 27.4 Å². The van der Waals surface area contributed by atoms with Crippen molar-refractivity contribution in [3.8, 4) is 0 Å². The molecule has 0 aliphatic heterocycles. The molecule has 0 unspecified atom stereocenters. The lowest BCUT2D eigenvalue weighted by Crippen LogP contribution is -2.34. The summed E-state index contributed by atoms with van der Waals surface area (Å²) in [5.74, 6) is -0.103. The Labute approximate surface area is 150 Å². The molecule has 0 spiro atoms. The van der Waals surface area contributed by atoms with E-state index in [1.54, 1.807) is 18.2 Å². The molecule has 0 heterocycles. The van der Waals surface area contributed by atoms with Crippen LogP contribution in [0.3, 0.4) is 0 Å². The molecule has 2 aromatic rings. The van der Waals surface area contributed by atoms with Crippen LogP contribution in [0, 0.1) is 0 Å². The first kappa shape index (κ1) is 18.6. The lowest BCUT2D eigenvalue weighted by atomic mass is 10.1. The summed E-state index contributed by atoms with van der Waals surface area (Å²) in [6, 6.07) is 15.9. The van der Waals surface area contributed by atoms with Crippen molar-refractivity contribution >= 4 is 31.9 Å². The molecule has 2 aromatic carbocycles. The Kier molecular flexibility index (Phi) is 6.96. The molecule has 7 heteroatoms. The number of carbonyl (C=O) groups excluding carboxylic acids is 1. The highest BCUT2D eigenvalue weighted by Gasteiger charge is 2.12. The summed E-state index contributed by atoms with van der Waals surface area (Å²) < 4.78 is 27.4. The van der Waals surface area contributed by atoms with Gasteiger partial charge in [0.1, 0.15) is 0 Å². The highest BCUT2D eigenvalue weighted by atomic mass is 79.9. The third-order valence-corrected chi connectivity index (χ3v) is 5.29. The second-order valence-electron chi connectivity index (χ2n) is 5.19. The maximum Gasteiger partial charge on any atom is 0.240 e. The van der Waals surface area contributed by atoms with Gasteiger partial charge in [-0.05, 0) is 36.2 Å². The van der Waals surface area contributed by atoms with Crippen molar-refractivity contribution in [3.63, 3.8) is 0 Å². The predicted octanol–water partition coefficient (Wildman–Crippen LogP) is 2.48. The molecule has 0 atom stereocenters. The van der Waals surface area contributed by atoms with Crippen molar-refractivity contribution in [1.82, 2.24) is 10.0 Å². The quantitative estimate of drug-likeness (QED) is 0.656. The summed E-state index contributed by atoms with van der Waals surface area (Å²) >= 11 is 3.39. The van der Waals surface area contributed by atoms with Gasteiger partial charge >= 0.3 is 0 Å². The molecule has 24 heavy (non-hydrogen) atoms. The van der Waals surface area contributed by atoms with Gasteiger partial charge in [-0.15, -0.1) is 0 Å². The molecule has 2 N–H and O–H groups in total. The number of benzene rings is 2. The van der Waals surface area contributed by atoms with Crippen LogP contribution in [0.5, 0.6) is 0 Å². The van der Waals surface area contributed by atoms with E-state index in [1.165, 1.54) is 12.1 Å². The lowest BCUT2D eigenvalue weighted by molar-refractivity contribution is -0.121. The van der Waals surface area contributed by atoms with Gasteiger partial charge in [-0.25, -0.2) is 13.1 Å². The van der Waals surface area contributed by atoms with Crippen LogP contribution >= 0.6 is 15.9 Å². The number of aryl methyl sites for hydroxylation is 1. The Balaban J connectivity index is 1.69. The van der Waals surface area contributed by atoms with E-state index in [-0.39, 0.29) is 23.9 Å². The number of sulfonamides is 1. The van der Waals surface area contributed by atoms with Crippen LogP contribution in [0.15, 0.2) is 64.0 Å². The molecule has 0 saturated heterocycles. The second-order valence-corrected chi connectivity index (χ2v) is 7.87. The Morgan fingerprint density at radius 2 is 1.75 bits per heavy atom. The van der Waals surface area contributed by atoms with Gasteiger partial charge in [0.2, 0.25) is 15.9 Å². The molecule has 0 bridgehead atoms. The van der Waals surface area contributed by atoms with Crippen LogP contribution in [0.1, 0.15) is 12.0 Å². The topological polar surface area (TPSA) is 75.3 Å². The molecule has 0 aliphatic rings. The van der Waals surface area contributed by atoms with Crippen molar-refractivity contribution in [2.45, 2.75) is 17.7 Å². The van der Waals surface area contributed by atoms with Gasteiger partial charge in [0.15, 0.2) is 0 Å². The molecule has 2 rings (SSSR count). The van der Waals surface area contributed by atoms with Crippen LogP contribution in [-0.2, 0) is 21.2 Å². The molecular formula is C17H19BrN2O3S. The molecule has 0 saturated carbocycles. The van der Waals surface area contributed by atoms with E-state index in [0.29, 0.717) is 12.8 Å². The van der Waals surface area contributed by atoms with Gasteiger partial charge in [-0.2, -0.15) is 0 Å². The first-order valence-corrected chi connectivity index (χ1v) is 9.81. The fourth-order valence-electron chi connectivity index (χ4n) is 2.11. The Bertz CT molecular complexity index is 779. The van der Waals surface area contributed by atoms with E-state index in [2.05, 4.69) is 26.0 Å². The minimum absolute atomic E-state index is 0.103. The highest BCUT2D eigenvalue weighted by Crippen LogP contribution is 2.12. The van der Waals surface area contributed by atoms with Gasteiger partial charge in [-0.1, -0.05) is 46.3 Å². The van der Waals surface area contributed by atoms with Crippen LogP contribution in [0.4, 0.5) is 0 Å². The summed E-state index contributed by atoms with van der Waals surface area (Å²) in [6.07, 6.45) is 1.00. The van der Waals surface area contributed by atoms with Crippen molar-refractivity contribution < 1.29 is 13.2 Å². The highest BCUT2D eigenvalue weighted by molar-refractivity contribution is 9.10. The van der Waals surface area contributed by atoms with Crippen LogP contribution in [0.25, 0.3) is 0 Å². The smallest absolute Gasteiger partial charge is 0.240 e. The van der Waals surface area contributed by atoms with Gasteiger partial charge in [-0.3, -0.25) is 4.79 Å². The Hall–Kier alpha value is -1.70. The monoisotopic (exact) mass is 410 g/mol. The second kappa shape index (κ2) is 8.96. The zero-order valence-electron chi connectivity index (χ0n) is 13.0. The molecule has 128 valence electrons. The fraction of sp³-hybridized carbons (Fsp3) is 0.235. The van der Waals surface area contributed by atoms with Gasteiger partial charge < -0.3 is 5.32 Å². The van der Waals surface area contributed by atoms with E-state index < -0.39 is 10.0 Å². The summed E-state index contributed by atoms with van der Waals surface area (Å²) in [4.78, 5) is 12.0. The fourth-order valence-corrected chi connectivity index (χ4v) is 3.61. The van der Waals surface area contributed by atoms with E-state index >= 15 is 0 Å². The van der Waals surface area contributed by atoms with Gasteiger partial charge in [0, 0.05) is 24.0 Å². The third-order valence-electron chi connectivity index (χ3n) is 3.32. The average molecular weight is 411 g/mol. The van der Waals surface area contributed by atoms with E-state index in [4.69, 9.17) is 0 Å². The SMILES string of the molecule is O=C(CCc1cccc(Br)c1)NCCNS(=O)(=O)c1ccccc1. The summed E-state index contributed by atoms with van der Waals surface area (Å²) in [5, 5.41) is 2.71. The largest absolute Gasteiger partial charge is 0.355 e. The number of carbonyl (C=O) groups is 1. The van der Waals surface area contributed by atoms with E-state index in [1.807, 2.05) is 24.3 Å². The van der Waals surface area contributed by atoms with Gasteiger partial charge in [0.25, 0.3) is 0 Å². The van der Waals surface area contributed by atoms with E-state index in [0.717, 1.165) is 10.0 Å². The first-order chi connectivity index (χ1) is 11.5. The zero-order valence-corrected chi connectivity index (χ0v) is 15.4. The molecule has 0 fully saturated rings. The predicted molar refractivity (Wildman–Crippen MR) is 97.1 cm³/mol. The molecule has 1 amide bonds. The molecule has 0 aromatic heterocycles. The van der Waals surface area contributed by atoms with Crippen molar-refractivity contribution in [2.75, 3.05) is 13.1 Å². The van der Waals surface area contributed by atoms with E-state index in [9.17, 15) is 13.2 Å². The normalized spacial score (nSPS) is 11.2. The van der Waals surface area contributed by atoms with Crippen molar-refractivity contribution in [2.24, 2.45) is 0 Å². The third kappa shape index (κ3) is 6.07. The number of hydrogen-bond acceptors (Lipinski definition) is 3. The first-order valence-electron chi connectivity index (χ1n) is 7.53. The van der Waals surface area contributed by atoms with Gasteiger partial charge in [0.05, 0.1) is 4.90 Å². The molecular weight excluding hydrogens is 392 g/mol. The zero-order chi connectivity index (χ0) is 17.4. The van der Waals surface area contributed by atoms with Crippen LogP contribution in [0.2, 0.25) is 0 Å². The number of rotatable bonds is 8. The Morgan fingerprint density at radius 3 is 2.46 bits per heavy atom. The van der Waals surface area contributed by atoms with Crippen LogP contribution < -0.4 is 10.0 Å². The minimum Gasteiger partial charge on any atom is -0.355 e. The number of amides is 1.